The first kappa shape index (κ1) is 21.4. The minimum Gasteiger partial charge on any atom is -0.382 e. The van der Waals surface area contributed by atoms with Gasteiger partial charge in [0.1, 0.15) is 5.60 Å². The highest BCUT2D eigenvalue weighted by molar-refractivity contribution is 6.01. The Morgan fingerprint density at radius 2 is 1.48 bits per heavy atom. The largest absolute Gasteiger partial charge is 0.382 e. The number of carbonyl (C=O) groups excluding carboxylic acids is 2. The van der Waals surface area contributed by atoms with Crippen molar-refractivity contribution in [1.82, 2.24) is 0 Å². The molecule has 2 aromatic carbocycles. The van der Waals surface area contributed by atoms with E-state index >= 15 is 0 Å². The second-order valence-electron chi connectivity index (χ2n) is 10.1. The van der Waals surface area contributed by atoms with E-state index in [1.807, 2.05) is 44.2 Å². The Bertz CT molecular complexity index is 958. The molecule has 3 nitrogen and oxygen atoms in total. The first-order valence-corrected chi connectivity index (χ1v) is 10.3. The van der Waals surface area contributed by atoms with Gasteiger partial charge in [-0.25, -0.2) is 0 Å². The van der Waals surface area contributed by atoms with Gasteiger partial charge in [-0.05, 0) is 48.4 Å². The molecule has 1 aliphatic rings. The van der Waals surface area contributed by atoms with Gasteiger partial charge in [0.05, 0.1) is 0 Å². The van der Waals surface area contributed by atoms with Crippen LogP contribution < -0.4 is 0 Å². The minimum absolute atomic E-state index is 0.0233. The second-order valence-corrected chi connectivity index (χ2v) is 10.1. The molecule has 0 aromatic heterocycles. The fourth-order valence-electron chi connectivity index (χ4n) is 4.75. The van der Waals surface area contributed by atoms with Gasteiger partial charge in [-0.1, -0.05) is 71.0 Å². The van der Waals surface area contributed by atoms with Crippen molar-refractivity contribution in [2.75, 3.05) is 0 Å². The molecule has 0 saturated heterocycles. The fourth-order valence-corrected chi connectivity index (χ4v) is 4.75. The summed E-state index contributed by atoms with van der Waals surface area (Å²) < 4.78 is 0. The van der Waals surface area contributed by atoms with Gasteiger partial charge in [0.2, 0.25) is 0 Å². The monoisotopic (exact) mass is 392 g/mol. The maximum Gasteiger partial charge on any atom is 0.193 e. The summed E-state index contributed by atoms with van der Waals surface area (Å²) in [5.41, 5.74) is 3.26. The molecule has 1 N–H and O–H groups in total. The average Bonchev–Trinajstić information content (AvgIpc) is 2.86. The lowest BCUT2D eigenvalue weighted by Crippen LogP contribution is -2.31. The van der Waals surface area contributed by atoms with Crippen LogP contribution in [0.5, 0.6) is 0 Å². The molecule has 1 unspecified atom stereocenters. The molecule has 0 amide bonds. The zero-order valence-electron chi connectivity index (χ0n) is 18.6. The molecule has 0 bridgehead atoms. The van der Waals surface area contributed by atoms with Gasteiger partial charge in [-0.3, -0.25) is 9.59 Å². The zero-order chi connectivity index (χ0) is 21.8. The summed E-state index contributed by atoms with van der Waals surface area (Å²) >= 11 is 0. The number of aliphatic hydroxyl groups is 1. The Hall–Kier alpha value is -2.26. The van der Waals surface area contributed by atoms with E-state index in [9.17, 15) is 14.7 Å². The summed E-state index contributed by atoms with van der Waals surface area (Å²) in [7, 11) is 0. The number of hydrogen-bond acceptors (Lipinski definition) is 3. The van der Waals surface area contributed by atoms with E-state index in [1.165, 1.54) is 25.0 Å². The maximum atomic E-state index is 12.5. The molecule has 0 fully saturated rings. The smallest absolute Gasteiger partial charge is 0.193 e. The van der Waals surface area contributed by atoms with E-state index in [0.29, 0.717) is 5.56 Å². The Morgan fingerprint density at radius 1 is 0.931 bits per heavy atom. The number of ketones is 2. The third-order valence-electron chi connectivity index (χ3n) is 6.29. The SMILES string of the molecule is CC(C)C(=O)c1ccc2c(c1)C(C)(C)CC2(C)c1ccc(C(=O)C(C)(C)O)cc1. The molecule has 0 saturated carbocycles. The molecular formula is C26H32O3. The molecule has 29 heavy (non-hydrogen) atoms. The van der Waals surface area contributed by atoms with Crippen molar-refractivity contribution < 1.29 is 14.7 Å². The highest BCUT2D eigenvalue weighted by atomic mass is 16.3. The van der Waals surface area contributed by atoms with Gasteiger partial charge in [0.15, 0.2) is 11.6 Å². The van der Waals surface area contributed by atoms with Crippen molar-refractivity contribution in [2.24, 2.45) is 5.92 Å². The van der Waals surface area contributed by atoms with Gasteiger partial charge in [-0.2, -0.15) is 0 Å². The molecule has 1 aliphatic carbocycles. The molecule has 3 rings (SSSR count). The van der Waals surface area contributed by atoms with Crippen LogP contribution in [0.2, 0.25) is 0 Å². The summed E-state index contributed by atoms with van der Waals surface area (Å²) in [6.07, 6.45) is 0.924. The van der Waals surface area contributed by atoms with E-state index in [0.717, 1.165) is 17.5 Å². The standard InChI is InChI=1S/C26H32O3/c1-16(2)22(27)18-10-13-20-21(14-18)24(3,4)15-26(20,7)19-11-8-17(9-12-19)23(28)25(5,6)29/h8-14,16,29H,15H2,1-7H3. The lowest BCUT2D eigenvalue weighted by molar-refractivity contribution is 0.0488. The third-order valence-corrected chi connectivity index (χ3v) is 6.29. The molecule has 0 radical (unpaired) electrons. The van der Waals surface area contributed by atoms with Crippen LogP contribution in [0, 0.1) is 5.92 Å². The predicted molar refractivity (Wildman–Crippen MR) is 117 cm³/mol. The minimum atomic E-state index is -1.38. The van der Waals surface area contributed by atoms with Gasteiger partial charge in [-0.15, -0.1) is 0 Å². The number of hydrogen-bond donors (Lipinski definition) is 1. The Labute approximate surface area is 174 Å². The van der Waals surface area contributed by atoms with Crippen molar-refractivity contribution in [3.05, 3.63) is 70.3 Å². The molecule has 0 heterocycles. The van der Waals surface area contributed by atoms with Crippen LogP contribution in [0.3, 0.4) is 0 Å². The fraction of sp³-hybridized carbons (Fsp3) is 0.462. The third kappa shape index (κ3) is 3.69. The second kappa shape index (κ2) is 6.91. The van der Waals surface area contributed by atoms with E-state index in [2.05, 4.69) is 32.9 Å². The van der Waals surface area contributed by atoms with Crippen LogP contribution >= 0.6 is 0 Å². The summed E-state index contributed by atoms with van der Waals surface area (Å²) in [5.74, 6) is -0.130. The van der Waals surface area contributed by atoms with Crippen LogP contribution in [0.15, 0.2) is 42.5 Å². The normalized spacial score (nSPS) is 20.6. The highest BCUT2D eigenvalue weighted by Crippen LogP contribution is 2.53. The van der Waals surface area contributed by atoms with Crippen molar-refractivity contribution in [3.63, 3.8) is 0 Å². The van der Waals surface area contributed by atoms with Crippen LogP contribution in [0.25, 0.3) is 0 Å². The molecule has 0 spiro atoms. The van der Waals surface area contributed by atoms with E-state index in [4.69, 9.17) is 0 Å². The van der Waals surface area contributed by atoms with E-state index < -0.39 is 5.60 Å². The molecule has 2 aromatic rings. The van der Waals surface area contributed by atoms with Crippen LogP contribution in [-0.2, 0) is 10.8 Å². The van der Waals surface area contributed by atoms with Crippen molar-refractivity contribution in [3.8, 4) is 0 Å². The molecule has 1 atom stereocenters. The van der Waals surface area contributed by atoms with E-state index in [-0.39, 0.29) is 28.3 Å². The first-order chi connectivity index (χ1) is 13.3. The first-order valence-electron chi connectivity index (χ1n) is 10.3. The number of Topliss-reactive ketones (excluding diaryl/α,β-unsaturated/α-hetero) is 2. The van der Waals surface area contributed by atoms with Crippen LogP contribution in [0.4, 0.5) is 0 Å². The van der Waals surface area contributed by atoms with E-state index in [1.54, 1.807) is 0 Å². The number of benzene rings is 2. The highest BCUT2D eigenvalue weighted by Gasteiger charge is 2.46. The summed E-state index contributed by atoms with van der Waals surface area (Å²) in [5, 5.41) is 10.0. The average molecular weight is 393 g/mol. The number of rotatable bonds is 5. The van der Waals surface area contributed by atoms with Crippen molar-refractivity contribution in [1.29, 1.82) is 0 Å². The summed E-state index contributed by atoms with van der Waals surface area (Å²) in [6, 6.07) is 13.7. The topological polar surface area (TPSA) is 54.4 Å². The predicted octanol–water partition coefficient (Wildman–Crippen LogP) is 5.47. The molecular weight excluding hydrogens is 360 g/mol. The molecule has 3 heteroatoms. The summed E-state index contributed by atoms with van der Waals surface area (Å²) in [6.45, 7) is 13.6. The maximum absolute atomic E-state index is 12.5. The molecule has 0 aliphatic heterocycles. The number of fused-ring (bicyclic) bond motifs is 1. The summed E-state index contributed by atoms with van der Waals surface area (Å²) in [4.78, 5) is 24.9. The Morgan fingerprint density at radius 3 is 2.00 bits per heavy atom. The van der Waals surface area contributed by atoms with Gasteiger partial charge in [0, 0.05) is 22.5 Å². The lowest BCUT2D eigenvalue weighted by Gasteiger charge is -2.29. The Balaban J connectivity index is 2.04. The van der Waals surface area contributed by atoms with Gasteiger partial charge < -0.3 is 5.11 Å². The van der Waals surface area contributed by atoms with Gasteiger partial charge in [0.25, 0.3) is 0 Å². The van der Waals surface area contributed by atoms with Crippen molar-refractivity contribution >= 4 is 11.6 Å². The lowest BCUT2D eigenvalue weighted by atomic mass is 9.74. The Kier molecular flexibility index (Phi) is 5.11. The van der Waals surface area contributed by atoms with Crippen molar-refractivity contribution in [2.45, 2.75) is 71.3 Å². The molecule has 154 valence electrons. The van der Waals surface area contributed by atoms with Crippen LogP contribution in [-0.4, -0.2) is 22.3 Å². The quantitative estimate of drug-likeness (QED) is 0.687. The zero-order valence-corrected chi connectivity index (χ0v) is 18.6. The van der Waals surface area contributed by atoms with Crippen LogP contribution in [0.1, 0.15) is 92.3 Å². The van der Waals surface area contributed by atoms with Gasteiger partial charge >= 0.3 is 0 Å². The number of carbonyl (C=O) groups is 2.